The van der Waals surface area contributed by atoms with Gasteiger partial charge in [-0.2, -0.15) is 0 Å². The number of ether oxygens (including phenoxy) is 3. The number of aliphatic imine (C=N–C) groups is 1. The van der Waals surface area contributed by atoms with E-state index in [0.29, 0.717) is 12.2 Å². The molecule has 156 valence electrons. The average Bonchev–Trinajstić information content (AvgIpc) is 2.74. The largest absolute Gasteiger partial charge is 0.379 e. The van der Waals surface area contributed by atoms with Crippen LogP contribution in [0.2, 0.25) is 0 Å². The van der Waals surface area contributed by atoms with Gasteiger partial charge in [0.15, 0.2) is 5.96 Å². The first-order valence-corrected chi connectivity index (χ1v) is 10.9. The lowest BCUT2D eigenvalue weighted by atomic mass is 10.1. The molecular weight excluding hydrogens is 344 g/mol. The lowest BCUT2D eigenvalue weighted by Gasteiger charge is -2.35. The van der Waals surface area contributed by atoms with Gasteiger partial charge in [-0.1, -0.05) is 0 Å². The molecule has 1 unspecified atom stereocenters. The summed E-state index contributed by atoms with van der Waals surface area (Å²) in [6.07, 6.45) is 6.45. The maximum Gasteiger partial charge on any atom is 0.193 e. The Morgan fingerprint density at radius 3 is 2.59 bits per heavy atom. The first-order valence-electron chi connectivity index (χ1n) is 10.9. The molecule has 0 aromatic heterocycles. The number of hydrogen-bond acceptors (Lipinski definition) is 5. The van der Waals surface area contributed by atoms with Crippen molar-refractivity contribution in [1.29, 1.82) is 0 Å². The van der Waals surface area contributed by atoms with Crippen LogP contribution in [0.1, 0.15) is 39.0 Å². The van der Waals surface area contributed by atoms with Crippen LogP contribution in [0.15, 0.2) is 4.99 Å². The minimum absolute atomic E-state index is 0.316. The molecule has 0 aromatic carbocycles. The van der Waals surface area contributed by atoms with Crippen molar-refractivity contribution in [2.24, 2.45) is 4.99 Å². The summed E-state index contributed by atoms with van der Waals surface area (Å²) in [6, 6.07) is 0. The van der Waals surface area contributed by atoms with Crippen LogP contribution in [0.3, 0.4) is 0 Å². The monoisotopic (exact) mass is 382 g/mol. The molecule has 3 aliphatic rings. The van der Waals surface area contributed by atoms with Crippen LogP contribution in [0.4, 0.5) is 0 Å². The minimum Gasteiger partial charge on any atom is -0.379 e. The van der Waals surface area contributed by atoms with Crippen molar-refractivity contribution < 1.29 is 14.2 Å². The lowest BCUT2D eigenvalue weighted by Crippen LogP contribution is -2.47. The Kier molecular flexibility index (Phi) is 9.14. The minimum atomic E-state index is 0.316. The van der Waals surface area contributed by atoms with E-state index in [0.717, 1.165) is 97.5 Å². The van der Waals surface area contributed by atoms with Crippen LogP contribution in [-0.4, -0.2) is 100 Å². The fourth-order valence-corrected chi connectivity index (χ4v) is 3.96. The van der Waals surface area contributed by atoms with Crippen molar-refractivity contribution in [3.8, 4) is 0 Å². The molecule has 27 heavy (non-hydrogen) atoms. The van der Waals surface area contributed by atoms with Gasteiger partial charge in [-0.15, -0.1) is 0 Å². The van der Waals surface area contributed by atoms with Crippen molar-refractivity contribution in [2.45, 2.75) is 51.2 Å². The summed E-state index contributed by atoms with van der Waals surface area (Å²) in [6.45, 7) is 12.3. The van der Waals surface area contributed by atoms with Crippen molar-refractivity contribution in [3.63, 3.8) is 0 Å². The maximum atomic E-state index is 6.14. The Morgan fingerprint density at radius 2 is 1.89 bits per heavy atom. The zero-order valence-corrected chi connectivity index (χ0v) is 17.0. The third kappa shape index (κ3) is 7.22. The standard InChI is InChI=1S/C20H38N4O3/c1-2-21-20(22-8-11-23-12-15-25-16-13-23)24-9-6-18(7-10-24)27-17-19-5-3-4-14-26-19/h18-19H,2-17H2,1H3,(H,21,22). The number of nitrogens with one attached hydrogen (secondary N) is 1. The van der Waals surface area contributed by atoms with E-state index in [1.54, 1.807) is 0 Å². The summed E-state index contributed by atoms with van der Waals surface area (Å²) in [5, 5.41) is 3.46. The Balaban J connectivity index is 1.37. The molecule has 0 radical (unpaired) electrons. The molecule has 3 aliphatic heterocycles. The van der Waals surface area contributed by atoms with E-state index in [1.165, 1.54) is 12.8 Å². The summed E-state index contributed by atoms with van der Waals surface area (Å²) < 4.78 is 17.3. The van der Waals surface area contributed by atoms with E-state index in [4.69, 9.17) is 19.2 Å². The average molecular weight is 383 g/mol. The van der Waals surface area contributed by atoms with E-state index in [9.17, 15) is 0 Å². The SMILES string of the molecule is CCNC(=NCCN1CCOCC1)N1CCC(OCC2CCCCO2)CC1. The van der Waals surface area contributed by atoms with Gasteiger partial charge in [-0.25, -0.2) is 0 Å². The Labute approximate surface area is 164 Å². The predicted octanol–water partition coefficient (Wildman–Crippen LogP) is 1.33. The van der Waals surface area contributed by atoms with Crippen molar-refractivity contribution >= 4 is 5.96 Å². The van der Waals surface area contributed by atoms with Gasteiger partial charge in [0.1, 0.15) is 0 Å². The van der Waals surface area contributed by atoms with Gasteiger partial charge < -0.3 is 24.4 Å². The molecule has 0 aromatic rings. The summed E-state index contributed by atoms with van der Waals surface area (Å²) in [7, 11) is 0. The highest BCUT2D eigenvalue weighted by Gasteiger charge is 2.23. The zero-order valence-electron chi connectivity index (χ0n) is 17.0. The number of guanidine groups is 1. The Morgan fingerprint density at radius 1 is 1.07 bits per heavy atom. The van der Waals surface area contributed by atoms with Crippen LogP contribution in [-0.2, 0) is 14.2 Å². The first-order chi connectivity index (χ1) is 13.3. The topological polar surface area (TPSA) is 58.6 Å². The molecule has 0 saturated carbocycles. The Hall–Kier alpha value is -0.890. The smallest absolute Gasteiger partial charge is 0.193 e. The number of rotatable bonds is 7. The van der Waals surface area contributed by atoms with Crippen molar-refractivity contribution in [1.82, 2.24) is 15.1 Å². The highest BCUT2D eigenvalue weighted by molar-refractivity contribution is 5.80. The van der Waals surface area contributed by atoms with E-state index in [1.807, 2.05) is 0 Å². The second-order valence-corrected chi connectivity index (χ2v) is 7.70. The second kappa shape index (κ2) is 11.8. The zero-order chi connectivity index (χ0) is 18.7. The van der Waals surface area contributed by atoms with Gasteiger partial charge in [0.2, 0.25) is 0 Å². The molecule has 7 heteroatoms. The summed E-state index contributed by atoms with van der Waals surface area (Å²) >= 11 is 0. The first kappa shape index (κ1) is 20.8. The van der Waals surface area contributed by atoms with Crippen molar-refractivity contribution in [2.75, 3.05) is 72.2 Å². The molecule has 1 N–H and O–H groups in total. The molecule has 0 aliphatic carbocycles. The Bertz CT molecular complexity index is 429. The number of morpholine rings is 1. The van der Waals surface area contributed by atoms with Crippen LogP contribution >= 0.6 is 0 Å². The normalized spacial score (nSPS) is 26.3. The number of hydrogen-bond donors (Lipinski definition) is 1. The molecule has 0 spiro atoms. The van der Waals surface area contributed by atoms with Gasteiger partial charge in [-0.05, 0) is 39.0 Å². The predicted molar refractivity (Wildman–Crippen MR) is 107 cm³/mol. The number of likely N-dealkylation sites (tertiary alicyclic amines) is 1. The van der Waals surface area contributed by atoms with E-state index in [-0.39, 0.29) is 0 Å². The number of piperidine rings is 1. The molecule has 0 bridgehead atoms. The van der Waals surface area contributed by atoms with Crippen LogP contribution in [0.5, 0.6) is 0 Å². The van der Waals surface area contributed by atoms with Crippen molar-refractivity contribution in [3.05, 3.63) is 0 Å². The molecular formula is C20H38N4O3. The third-order valence-corrected chi connectivity index (χ3v) is 5.65. The number of nitrogens with zero attached hydrogens (tertiary/aromatic N) is 3. The van der Waals surface area contributed by atoms with E-state index < -0.39 is 0 Å². The van der Waals surface area contributed by atoms with Gasteiger partial charge in [0.05, 0.1) is 38.6 Å². The molecule has 3 rings (SSSR count). The van der Waals surface area contributed by atoms with Gasteiger partial charge >= 0.3 is 0 Å². The molecule has 0 amide bonds. The summed E-state index contributed by atoms with van der Waals surface area (Å²) in [5.41, 5.74) is 0. The van der Waals surface area contributed by atoms with Gasteiger partial charge in [-0.3, -0.25) is 9.89 Å². The van der Waals surface area contributed by atoms with Crippen LogP contribution in [0, 0.1) is 0 Å². The molecule has 3 fully saturated rings. The highest BCUT2D eigenvalue weighted by Crippen LogP contribution is 2.18. The third-order valence-electron chi connectivity index (χ3n) is 5.65. The maximum absolute atomic E-state index is 6.14. The van der Waals surface area contributed by atoms with E-state index >= 15 is 0 Å². The molecule has 3 saturated heterocycles. The van der Waals surface area contributed by atoms with Gasteiger partial charge in [0, 0.05) is 45.9 Å². The quantitative estimate of drug-likeness (QED) is 0.530. The summed E-state index contributed by atoms with van der Waals surface area (Å²) in [4.78, 5) is 9.69. The van der Waals surface area contributed by atoms with Crippen LogP contribution in [0.25, 0.3) is 0 Å². The summed E-state index contributed by atoms with van der Waals surface area (Å²) in [5.74, 6) is 1.06. The van der Waals surface area contributed by atoms with Crippen LogP contribution < -0.4 is 5.32 Å². The second-order valence-electron chi connectivity index (χ2n) is 7.70. The fourth-order valence-electron chi connectivity index (χ4n) is 3.96. The highest BCUT2D eigenvalue weighted by atomic mass is 16.5. The molecule has 3 heterocycles. The molecule has 7 nitrogen and oxygen atoms in total. The van der Waals surface area contributed by atoms with E-state index in [2.05, 4.69) is 22.0 Å². The van der Waals surface area contributed by atoms with Gasteiger partial charge in [0.25, 0.3) is 0 Å². The molecule has 1 atom stereocenters. The lowest BCUT2D eigenvalue weighted by molar-refractivity contribution is -0.0721. The fraction of sp³-hybridized carbons (Fsp3) is 0.950.